The van der Waals surface area contributed by atoms with Crippen molar-refractivity contribution >= 4 is 67.5 Å². The molecule has 202 valence electrons. The predicted molar refractivity (Wildman–Crippen MR) is 168 cm³/mol. The van der Waals surface area contributed by atoms with E-state index in [-0.39, 0.29) is 11.8 Å². The number of anilines is 4. The summed E-state index contributed by atoms with van der Waals surface area (Å²) in [4.78, 5) is 29.0. The van der Waals surface area contributed by atoms with Crippen molar-refractivity contribution in [3.8, 4) is 0 Å². The topological polar surface area (TPSA) is 106 Å². The van der Waals surface area contributed by atoms with E-state index < -0.39 is 0 Å². The summed E-state index contributed by atoms with van der Waals surface area (Å²) in [7, 11) is 0. The Hall–Kier alpha value is -3.95. The van der Waals surface area contributed by atoms with Crippen LogP contribution in [0.5, 0.6) is 0 Å². The normalized spacial score (nSPS) is 11.2. The van der Waals surface area contributed by atoms with Crippen LogP contribution in [0.3, 0.4) is 0 Å². The Bertz CT molecular complexity index is 1700. The third-order valence-corrected chi connectivity index (χ3v) is 7.99. The van der Waals surface area contributed by atoms with Gasteiger partial charge in [0.25, 0.3) is 5.91 Å². The number of nitrogens with zero attached hydrogens (tertiary/aromatic N) is 3. The van der Waals surface area contributed by atoms with E-state index in [1.54, 1.807) is 11.8 Å². The first-order valence-electron chi connectivity index (χ1n) is 12.8. The van der Waals surface area contributed by atoms with Crippen LogP contribution in [0.15, 0.2) is 87.3 Å². The number of fused-ring (bicyclic) bond motifs is 1. The van der Waals surface area contributed by atoms with Crippen molar-refractivity contribution in [2.75, 3.05) is 16.4 Å². The van der Waals surface area contributed by atoms with Crippen LogP contribution in [-0.2, 0) is 0 Å². The Morgan fingerprint density at radius 2 is 1.68 bits per heavy atom. The molecule has 0 aliphatic rings. The van der Waals surface area contributed by atoms with Crippen molar-refractivity contribution in [1.29, 1.82) is 0 Å². The first-order chi connectivity index (χ1) is 19.2. The minimum atomic E-state index is -0.198. The molecule has 7 nitrogen and oxygen atoms in total. The van der Waals surface area contributed by atoms with Gasteiger partial charge < -0.3 is 16.4 Å². The van der Waals surface area contributed by atoms with Gasteiger partial charge in [-0.1, -0.05) is 41.5 Å². The zero-order valence-electron chi connectivity index (χ0n) is 22.6. The second-order valence-corrected chi connectivity index (χ2v) is 11.9. The number of amides is 1. The number of benzene rings is 3. The smallest absolute Gasteiger partial charge is 0.255 e. The average molecular weight is 614 g/mol. The molecule has 4 N–H and O–H groups in total. The highest BCUT2D eigenvalue weighted by Crippen LogP contribution is 2.37. The summed E-state index contributed by atoms with van der Waals surface area (Å²) in [5.41, 5.74) is 12.2. The van der Waals surface area contributed by atoms with Gasteiger partial charge in [-0.3, -0.25) is 4.79 Å². The monoisotopic (exact) mass is 612 g/mol. The number of hydrogen-bond donors (Lipinski definition) is 3. The van der Waals surface area contributed by atoms with Crippen LogP contribution in [0.2, 0.25) is 0 Å². The summed E-state index contributed by atoms with van der Waals surface area (Å²) in [6, 6.07) is 21.3. The van der Waals surface area contributed by atoms with Crippen LogP contribution in [-0.4, -0.2) is 20.9 Å². The van der Waals surface area contributed by atoms with Gasteiger partial charge in [0.15, 0.2) is 5.65 Å². The fourth-order valence-electron chi connectivity index (χ4n) is 4.32. The van der Waals surface area contributed by atoms with Crippen LogP contribution >= 0.6 is 27.7 Å². The molecular formula is C31H29BrN6OS. The number of halogens is 1. The van der Waals surface area contributed by atoms with Gasteiger partial charge in [0, 0.05) is 36.9 Å². The third-order valence-electron chi connectivity index (χ3n) is 6.45. The molecule has 0 saturated carbocycles. The molecule has 0 aliphatic heterocycles. The standard InChI is InChI=1S/C31H29BrN6OS/c1-17(2)25-11-10-24-29(36-25)34-16-35-30(24)37-26-15-20(5-12-27(26)40-23-8-6-22(33)7-9-23)31(39)38-28-18(3)13-21(32)14-19(28)4/h5-17H,33H2,1-4H3,(H,38,39)(H,34,35,36,37). The molecule has 5 aromatic rings. The number of aryl methyl sites for hydroxylation is 2. The molecule has 0 bridgehead atoms. The average Bonchev–Trinajstić information content (AvgIpc) is 2.92. The Labute approximate surface area is 246 Å². The maximum Gasteiger partial charge on any atom is 0.255 e. The van der Waals surface area contributed by atoms with Crippen LogP contribution in [0.4, 0.5) is 22.9 Å². The summed E-state index contributed by atoms with van der Waals surface area (Å²) in [5, 5.41) is 7.35. The Balaban J connectivity index is 1.53. The lowest BCUT2D eigenvalue weighted by atomic mass is 10.1. The van der Waals surface area contributed by atoms with Crippen molar-refractivity contribution in [2.45, 2.75) is 43.4 Å². The molecule has 2 aromatic heterocycles. The summed E-state index contributed by atoms with van der Waals surface area (Å²) in [5.74, 6) is 0.701. The molecule has 2 heterocycles. The number of nitrogens with one attached hydrogen (secondary N) is 2. The van der Waals surface area contributed by atoms with E-state index in [0.717, 1.165) is 47.8 Å². The van der Waals surface area contributed by atoms with Crippen molar-refractivity contribution in [1.82, 2.24) is 15.0 Å². The number of nitrogens with two attached hydrogens (primary N) is 1. The van der Waals surface area contributed by atoms with Crippen molar-refractivity contribution in [3.63, 3.8) is 0 Å². The SMILES string of the molecule is Cc1cc(Br)cc(C)c1NC(=O)c1ccc(Sc2ccc(N)cc2)c(Nc2ncnc3nc(C(C)C)ccc23)c1. The molecule has 3 aromatic carbocycles. The molecule has 0 fully saturated rings. The second-order valence-electron chi connectivity index (χ2n) is 9.86. The van der Waals surface area contributed by atoms with Crippen LogP contribution in [0.1, 0.15) is 46.9 Å². The number of aromatic nitrogens is 3. The zero-order valence-corrected chi connectivity index (χ0v) is 25.0. The highest BCUT2D eigenvalue weighted by molar-refractivity contribution is 9.10. The van der Waals surface area contributed by atoms with Crippen molar-refractivity contribution < 1.29 is 4.79 Å². The lowest BCUT2D eigenvalue weighted by Gasteiger charge is -2.16. The molecular weight excluding hydrogens is 584 g/mol. The predicted octanol–water partition coefficient (Wildman–Crippen LogP) is 8.26. The van der Waals surface area contributed by atoms with Gasteiger partial charge >= 0.3 is 0 Å². The van der Waals surface area contributed by atoms with Gasteiger partial charge in [0.05, 0.1) is 11.1 Å². The summed E-state index contributed by atoms with van der Waals surface area (Å²) >= 11 is 5.09. The van der Waals surface area contributed by atoms with Gasteiger partial charge in [-0.2, -0.15) is 0 Å². The van der Waals surface area contributed by atoms with E-state index in [9.17, 15) is 4.79 Å². The molecule has 0 spiro atoms. The van der Waals surface area contributed by atoms with Gasteiger partial charge in [-0.05, 0) is 97.6 Å². The fourth-order valence-corrected chi connectivity index (χ4v) is 5.89. The Morgan fingerprint density at radius 1 is 0.950 bits per heavy atom. The highest BCUT2D eigenvalue weighted by atomic mass is 79.9. The molecule has 0 unspecified atom stereocenters. The van der Waals surface area contributed by atoms with Crippen molar-refractivity contribution in [2.24, 2.45) is 0 Å². The molecule has 5 rings (SSSR count). The van der Waals surface area contributed by atoms with Gasteiger partial charge in [0.2, 0.25) is 0 Å². The fraction of sp³-hybridized carbons (Fsp3) is 0.161. The van der Waals surface area contributed by atoms with Crippen molar-refractivity contribution in [3.05, 3.63) is 99.9 Å². The number of nitrogen functional groups attached to an aromatic ring is 1. The molecule has 0 aliphatic carbocycles. The van der Waals surface area contributed by atoms with E-state index in [1.807, 2.05) is 80.6 Å². The summed E-state index contributed by atoms with van der Waals surface area (Å²) < 4.78 is 0.975. The van der Waals surface area contributed by atoms with Gasteiger partial charge in [-0.15, -0.1) is 0 Å². The molecule has 0 saturated heterocycles. The Kier molecular flexibility index (Phi) is 8.04. The molecule has 0 radical (unpaired) electrons. The lowest BCUT2D eigenvalue weighted by molar-refractivity contribution is 0.102. The largest absolute Gasteiger partial charge is 0.399 e. The number of hydrogen-bond acceptors (Lipinski definition) is 7. The minimum absolute atomic E-state index is 0.198. The van der Waals surface area contributed by atoms with Crippen LogP contribution in [0, 0.1) is 13.8 Å². The molecule has 1 amide bonds. The van der Waals surface area contributed by atoms with E-state index in [1.165, 1.54) is 6.33 Å². The number of carbonyl (C=O) groups is 1. The Morgan fingerprint density at radius 3 is 2.38 bits per heavy atom. The highest BCUT2D eigenvalue weighted by Gasteiger charge is 2.16. The molecule has 40 heavy (non-hydrogen) atoms. The van der Waals surface area contributed by atoms with Gasteiger partial charge in [-0.25, -0.2) is 15.0 Å². The zero-order chi connectivity index (χ0) is 28.4. The quantitative estimate of drug-likeness (QED) is 0.159. The number of carbonyl (C=O) groups excluding carboxylic acids is 1. The first kappa shape index (κ1) is 27.6. The molecule has 9 heteroatoms. The third kappa shape index (κ3) is 6.11. The van der Waals surface area contributed by atoms with Gasteiger partial charge in [0.1, 0.15) is 12.1 Å². The van der Waals surface area contributed by atoms with Crippen LogP contribution < -0.4 is 16.4 Å². The first-order valence-corrected chi connectivity index (χ1v) is 14.4. The number of rotatable bonds is 7. The lowest BCUT2D eigenvalue weighted by Crippen LogP contribution is -2.14. The second kappa shape index (κ2) is 11.7. The maximum absolute atomic E-state index is 13.4. The molecule has 0 atom stereocenters. The maximum atomic E-state index is 13.4. The van der Waals surface area contributed by atoms with E-state index in [2.05, 4.69) is 50.4 Å². The van der Waals surface area contributed by atoms with Crippen LogP contribution in [0.25, 0.3) is 11.0 Å². The van der Waals surface area contributed by atoms with E-state index >= 15 is 0 Å². The summed E-state index contributed by atoms with van der Waals surface area (Å²) in [6.07, 6.45) is 1.50. The van der Waals surface area contributed by atoms with E-state index in [0.29, 0.717) is 22.7 Å². The van der Waals surface area contributed by atoms with E-state index in [4.69, 9.17) is 10.7 Å². The minimum Gasteiger partial charge on any atom is -0.399 e. The number of pyridine rings is 1. The summed E-state index contributed by atoms with van der Waals surface area (Å²) in [6.45, 7) is 8.16.